The number of halogens is 1. The molecule has 0 unspecified atom stereocenters. The smallest absolute Gasteiger partial charge is 0.353 e. The van der Waals surface area contributed by atoms with Crippen LogP contribution >= 0.6 is 11.6 Å². The van der Waals surface area contributed by atoms with E-state index in [0.29, 0.717) is 12.5 Å². The molecule has 0 radical (unpaired) electrons. The second kappa shape index (κ2) is 7.92. The van der Waals surface area contributed by atoms with Crippen molar-refractivity contribution in [1.29, 1.82) is 0 Å². The van der Waals surface area contributed by atoms with Gasteiger partial charge >= 0.3 is 5.97 Å². The maximum Gasteiger partial charge on any atom is 0.353 e. The summed E-state index contributed by atoms with van der Waals surface area (Å²) in [6.45, 7) is 2.10. The van der Waals surface area contributed by atoms with Crippen LogP contribution in [0.5, 0.6) is 0 Å². The van der Waals surface area contributed by atoms with Gasteiger partial charge in [0, 0.05) is 5.88 Å². The standard InChI is InChI=1S/C9H16ClNO2/c1-2-13-9(12)8(11)6-4-3-5-7-10/h6H,2-5,7,11H2,1H3/b8-6-. The summed E-state index contributed by atoms with van der Waals surface area (Å²) in [5.74, 6) is 0.209. The minimum Gasteiger partial charge on any atom is -0.461 e. The van der Waals surface area contributed by atoms with Crippen LogP contribution in [0.2, 0.25) is 0 Å². The van der Waals surface area contributed by atoms with Crippen molar-refractivity contribution in [3.05, 3.63) is 11.8 Å². The largest absolute Gasteiger partial charge is 0.461 e. The SMILES string of the molecule is CCOC(=O)/C(N)=C/CCCCCl. The third kappa shape index (κ3) is 6.46. The van der Waals surface area contributed by atoms with Crippen LogP contribution < -0.4 is 5.73 Å². The predicted octanol–water partition coefficient (Wildman–Crippen LogP) is 1.80. The van der Waals surface area contributed by atoms with Crippen LogP contribution in [0, 0.1) is 0 Å². The molecule has 0 heterocycles. The van der Waals surface area contributed by atoms with E-state index in [9.17, 15) is 4.79 Å². The molecule has 0 saturated carbocycles. The van der Waals surface area contributed by atoms with Crippen molar-refractivity contribution in [3.63, 3.8) is 0 Å². The highest BCUT2D eigenvalue weighted by atomic mass is 35.5. The zero-order chi connectivity index (χ0) is 10.1. The Bertz CT molecular complexity index is 180. The molecule has 0 fully saturated rings. The summed E-state index contributed by atoms with van der Waals surface area (Å²) < 4.78 is 4.70. The number of hydrogen-bond donors (Lipinski definition) is 1. The number of nitrogens with two attached hydrogens (primary N) is 1. The maximum absolute atomic E-state index is 11.0. The number of ether oxygens (including phenoxy) is 1. The fraction of sp³-hybridized carbons (Fsp3) is 0.667. The summed E-state index contributed by atoms with van der Waals surface area (Å²) in [7, 11) is 0. The van der Waals surface area contributed by atoms with Crippen molar-refractivity contribution in [1.82, 2.24) is 0 Å². The summed E-state index contributed by atoms with van der Waals surface area (Å²) in [6.07, 6.45) is 4.35. The maximum atomic E-state index is 11.0. The average molecular weight is 206 g/mol. The fourth-order valence-electron chi connectivity index (χ4n) is 0.794. The molecule has 0 saturated heterocycles. The first-order valence-electron chi connectivity index (χ1n) is 4.41. The molecule has 0 spiro atoms. The lowest BCUT2D eigenvalue weighted by Gasteiger charge is -2.00. The van der Waals surface area contributed by atoms with E-state index in [2.05, 4.69) is 0 Å². The monoisotopic (exact) mass is 205 g/mol. The highest BCUT2D eigenvalue weighted by Gasteiger charge is 2.03. The van der Waals surface area contributed by atoms with Crippen LogP contribution in [0.4, 0.5) is 0 Å². The zero-order valence-electron chi connectivity index (χ0n) is 7.88. The van der Waals surface area contributed by atoms with Crippen LogP contribution in [0.1, 0.15) is 26.2 Å². The normalized spacial score (nSPS) is 11.4. The highest BCUT2D eigenvalue weighted by molar-refractivity contribution is 6.17. The first-order valence-corrected chi connectivity index (χ1v) is 4.94. The molecule has 0 aromatic carbocycles. The van der Waals surface area contributed by atoms with Gasteiger partial charge in [0.1, 0.15) is 5.70 Å². The van der Waals surface area contributed by atoms with Gasteiger partial charge in [0.2, 0.25) is 0 Å². The third-order valence-electron chi connectivity index (χ3n) is 1.46. The molecule has 0 aliphatic carbocycles. The fourth-order valence-corrected chi connectivity index (χ4v) is 0.983. The van der Waals surface area contributed by atoms with Gasteiger partial charge in [0.15, 0.2) is 0 Å². The Morgan fingerprint density at radius 3 is 2.77 bits per heavy atom. The molecular formula is C9H16ClNO2. The number of carbonyl (C=O) groups is 1. The lowest BCUT2D eigenvalue weighted by atomic mass is 10.2. The van der Waals surface area contributed by atoms with E-state index in [4.69, 9.17) is 22.1 Å². The molecule has 3 nitrogen and oxygen atoms in total. The number of hydrogen-bond acceptors (Lipinski definition) is 3. The Labute approximate surface area is 83.9 Å². The van der Waals surface area contributed by atoms with Crippen molar-refractivity contribution in [2.24, 2.45) is 5.73 Å². The first kappa shape index (κ1) is 12.3. The molecule has 0 atom stereocenters. The van der Waals surface area contributed by atoms with Gasteiger partial charge in [-0.15, -0.1) is 11.6 Å². The molecule has 0 aromatic heterocycles. The molecule has 0 rings (SSSR count). The Morgan fingerprint density at radius 2 is 2.23 bits per heavy atom. The van der Waals surface area contributed by atoms with Crippen molar-refractivity contribution in [2.45, 2.75) is 26.2 Å². The molecule has 4 heteroatoms. The van der Waals surface area contributed by atoms with Crippen LogP contribution in [0.3, 0.4) is 0 Å². The van der Waals surface area contributed by atoms with Gasteiger partial charge in [0.25, 0.3) is 0 Å². The minimum absolute atomic E-state index is 0.191. The molecule has 0 aliphatic heterocycles. The summed E-state index contributed by atoms with van der Waals surface area (Å²) in [4.78, 5) is 11.0. The van der Waals surface area contributed by atoms with Gasteiger partial charge < -0.3 is 10.5 Å². The lowest BCUT2D eigenvalue weighted by molar-refractivity contribution is -0.138. The van der Waals surface area contributed by atoms with E-state index in [1.54, 1.807) is 13.0 Å². The molecule has 0 aromatic rings. The van der Waals surface area contributed by atoms with Crippen molar-refractivity contribution < 1.29 is 9.53 Å². The molecule has 0 bridgehead atoms. The van der Waals surface area contributed by atoms with Gasteiger partial charge in [-0.2, -0.15) is 0 Å². The average Bonchev–Trinajstić information content (AvgIpc) is 2.12. The molecule has 2 N–H and O–H groups in total. The van der Waals surface area contributed by atoms with Gasteiger partial charge in [-0.25, -0.2) is 4.79 Å². The Kier molecular flexibility index (Phi) is 7.50. The third-order valence-corrected chi connectivity index (χ3v) is 1.73. The lowest BCUT2D eigenvalue weighted by Crippen LogP contribution is -2.14. The number of carbonyl (C=O) groups excluding carboxylic acids is 1. The van der Waals surface area contributed by atoms with Gasteiger partial charge in [-0.1, -0.05) is 6.08 Å². The van der Waals surface area contributed by atoms with E-state index in [1.165, 1.54) is 0 Å². The van der Waals surface area contributed by atoms with Crippen molar-refractivity contribution >= 4 is 17.6 Å². The number of unbranched alkanes of at least 4 members (excludes halogenated alkanes) is 2. The molecule has 76 valence electrons. The van der Waals surface area contributed by atoms with Crippen LogP contribution in [-0.2, 0) is 9.53 Å². The predicted molar refractivity (Wildman–Crippen MR) is 53.5 cm³/mol. The van der Waals surface area contributed by atoms with E-state index in [0.717, 1.165) is 19.3 Å². The number of rotatable bonds is 6. The Morgan fingerprint density at radius 1 is 1.54 bits per heavy atom. The summed E-state index contributed by atoms with van der Waals surface area (Å²) in [5.41, 5.74) is 5.63. The number of alkyl halides is 1. The van der Waals surface area contributed by atoms with E-state index in [1.807, 2.05) is 0 Å². The molecular weight excluding hydrogens is 190 g/mol. The van der Waals surface area contributed by atoms with Crippen LogP contribution in [0.15, 0.2) is 11.8 Å². The molecule has 0 aliphatic rings. The quantitative estimate of drug-likeness (QED) is 0.311. The summed E-state index contributed by atoms with van der Waals surface area (Å²) in [6, 6.07) is 0. The Hall–Kier alpha value is -0.700. The number of esters is 1. The van der Waals surface area contributed by atoms with Gasteiger partial charge in [0.05, 0.1) is 6.61 Å². The second-order valence-electron chi connectivity index (χ2n) is 2.56. The van der Waals surface area contributed by atoms with Gasteiger partial charge in [-0.3, -0.25) is 0 Å². The van der Waals surface area contributed by atoms with Crippen molar-refractivity contribution in [3.8, 4) is 0 Å². The van der Waals surface area contributed by atoms with Gasteiger partial charge in [-0.05, 0) is 26.2 Å². The highest BCUT2D eigenvalue weighted by Crippen LogP contribution is 2.00. The summed E-state index contributed by atoms with van der Waals surface area (Å²) >= 11 is 5.49. The van der Waals surface area contributed by atoms with E-state index < -0.39 is 5.97 Å². The number of allylic oxidation sites excluding steroid dienone is 1. The van der Waals surface area contributed by atoms with Crippen LogP contribution in [-0.4, -0.2) is 18.5 Å². The Balaban J connectivity index is 3.67. The van der Waals surface area contributed by atoms with Crippen LogP contribution in [0.25, 0.3) is 0 Å². The topological polar surface area (TPSA) is 52.3 Å². The molecule has 0 amide bonds. The second-order valence-corrected chi connectivity index (χ2v) is 2.94. The zero-order valence-corrected chi connectivity index (χ0v) is 8.64. The van der Waals surface area contributed by atoms with E-state index >= 15 is 0 Å². The molecule has 13 heavy (non-hydrogen) atoms. The van der Waals surface area contributed by atoms with Crippen molar-refractivity contribution in [2.75, 3.05) is 12.5 Å². The summed E-state index contributed by atoms with van der Waals surface area (Å²) in [5, 5.41) is 0. The van der Waals surface area contributed by atoms with E-state index in [-0.39, 0.29) is 5.70 Å². The first-order chi connectivity index (χ1) is 6.22. The minimum atomic E-state index is -0.437.